The van der Waals surface area contributed by atoms with Gasteiger partial charge in [0.15, 0.2) is 54.1 Å². The Kier molecular flexibility index (Phi) is 25.6. The molecule has 594 valence electrons. The number of fused-ring (bicyclic) bond motifs is 4. The fourth-order valence-electron chi connectivity index (χ4n) is 14.7. The molecule has 34 heteroatoms. The molecular weight excluding hydrogens is 1430 g/mol. The van der Waals surface area contributed by atoms with Crippen LogP contribution >= 0.6 is 0 Å². The third kappa shape index (κ3) is 17.3. The Labute approximate surface area is 617 Å². The molecular formula is C74H96N2O32. The van der Waals surface area contributed by atoms with E-state index in [1.807, 2.05) is 12.1 Å². The number of aliphatic hydroxyl groups excluding tert-OH is 9. The zero-order chi connectivity index (χ0) is 78.4. The number of phenolic OH excluding ortho intramolecular Hbond substituents is 2. The fourth-order valence-corrected chi connectivity index (χ4v) is 14.7. The van der Waals surface area contributed by atoms with Crippen LogP contribution in [0, 0.1) is 19.8 Å². The molecule has 0 radical (unpaired) electrons. The Bertz CT molecular complexity index is 4370. The number of nitrogens with one attached hydrogen (secondary N) is 1. The van der Waals surface area contributed by atoms with Crippen LogP contribution in [0.3, 0.4) is 0 Å². The molecule has 0 amide bonds. The molecule has 1 unspecified atom stereocenters. The number of aliphatic hydroxyl groups is 10. The average Bonchev–Trinajstić information content (AvgIpc) is 0.891. The van der Waals surface area contributed by atoms with Crippen molar-refractivity contribution in [3.05, 3.63) is 115 Å². The van der Waals surface area contributed by atoms with E-state index in [9.17, 15) is 75.3 Å². The van der Waals surface area contributed by atoms with Gasteiger partial charge in [0.25, 0.3) is 5.56 Å². The lowest BCUT2D eigenvalue weighted by atomic mass is 9.75. The van der Waals surface area contributed by atoms with E-state index in [1.54, 1.807) is 59.1 Å². The van der Waals surface area contributed by atoms with Gasteiger partial charge in [-0.05, 0) is 116 Å². The Morgan fingerprint density at radius 2 is 1.26 bits per heavy atom. The van der Waals surface area contributed by atoms with Crippen molar-refractivity contribution in [2.75, 3.05) is 20.8 Å². The predicted octanol–water partition coefficient (Wildman–Crippen LogP) is 1.59. The minimum atomic E-state index is -1.95. The summed E-state index contributed by atoms with van der Waals surface area (Å²) in [6.07, 6.45) is -21.6. The minimum Gasteiger partial charge on any atom is -0.507 e. The Balaban J connectivity index is 0.000000292. The molecule has 7 aliphatic rings. The highest BCUT2D eigenvalue weighted by molar-refractivity contribution is 6.11. The number of ether oxygens (including phenoxy) is 13. The monoisotopic (exact) mass is 1520 g/mol. The number of benzene rings is 3. The van der Waals surface area contributed by atoms with Gasteiger partial charge in [-0.15, -0.1) is 0 Å². The average molecular weight is 1530 g/mol. The summed E-state index contributed by atoms with van der Waals surface area (Å²) in [5, 5.41) is 131. The van der Waals surface area contributed by atoms with E-state index >= 15 is 4.79 Å². The number of hydrogen-bond acceptors (Lipinski definition) is 32. The van der Waals surface area contributed by atoms with E-state index < -0.39 is 205 Å². The highest BCUT2D eigenvalue weighted by Gasteiger charge is 2.52. The van der Waals surface area contributed by atoms with Gasteiger partial charge in [-0.2, -0.15) is 0 Å². The van der Waals surface area contributed by atoms with Crippen LogP contribution in [-0.4, -0.2) is 256 Å². The van der Waals surface area contributed by atoms with Gasteiger partial charge in [0, 0.05) is 79.3 Å². The summed E-state index contributed by atoms with van der Waals surface area (Å²) >= 11 is 0. The number of furan rings is 1. The number of nitrogens with zero attached hydrogens (tertiary/aromatic N) is 1. The van der Waals surface area contributed by atoms with E-state index in [2.05, 4.69) is 4.98 Å². The molecule has 1 aliphatic carbocycles. The molecule has 13 rings (SSSR count). The third-order valence-electron chi connectivity index (χ3n) is 20.8. The topological polar surface area (TPSA) is 495 Å². The number of aromatic amines is 1. The van der Waals surface area contributed by atoms with Crippen LogP contribution in [0.4, 0.5) is 0 Å². The van der Waals surface area contributed by atoms with E-state index in [4.69, 9.17) is 75.5 Å². The molecule has 9 heterocycles. The smallest absolute Gasteiger partial charge is 0.336 e. The van der Waals surface area contributed by atoms with Crippen molar-refractivity contribution in [1.29, 1.82) is 0 Å². The number of phenols is 2. The number of methoxy groups -OCH3 is 2. The number of H-pyrrole nitrogens is 1. The van der Waals surface area contributed by atoms with Crippen molar-refractivity contribution < 1.29 is 141 Å². The molecule has 6 aromatic rings. The largest absolute Gasteiger partial charge is 0.507 e. The van der Waals surface area contributed by atoms with Gasteiger partial charge in [0.2, 0.25) is 12.0 Å². The fraction of sp³-hybridized carbons (Fsp3) is 0.608. The van der Waals surface area contributed by atoms with E-state index in [-0.39, 0.29) is 78.3 Å². The van der Waals surface area contributed by atoms with Crippen LogP contribution in [0.5, 0.6) is 23.0 Å². The first kappa shape index (κ1) is 81.8. The quantitative estimate of drug-likeness (QED) is 0.0429. The van der Waals surface area contributed by atoms with Crippen LogP contribution in [0.15, 0.2) is 84.2 Å². The number of carbonyl (C=O) groups excluding carboxylic acids is 2. The molecule has 13 N–H and O–H groups in total. The van der Waals surface area contributed by atoms with Crippen molar-refractivity contribution in [3.8, 4) is 23.0 Å². The summed E-state index contributed by atoms with van der Waals surface area (Å²) in [5.41, 5.74) is -1.37. The third-order valence-corrected chi connectivity index (χ3v) is 20.8. The number of carbonyl (C=O) groups is 2. The first-order valence-corrected chi connectivity index (χ1v) is 35.7. The Morgan fingerprint density at radius 1 is 0.685 bits per heavy atom. The highest BCUT2D eigenvalue weighted by atomic mass is 16.7. The summed E-state index contributed by atoms with van der Waals surface area (Å²) in [4.78, 5) is 64.9. The molecule has 0 spiro atoms. The lowest BCUT2D eigenvalue weighted by molar-refractivity contribution is -0.334. The van der Waals surface area contributed by atoms with Crippen LogP contribution in [0.1, 0.15) is 114 Å². The van der Waals surface area contributed by atoms with Gasteiger partial charge in [-0.25, -0.2) is 9.59 Å². The molecule has 5 fully saturated rings. The standard InChI is InChI=1S/C52H76O24.C12H8O4.C10H12N2O4/c1-18-29(72-34-14-30(43(58)21(4)68-34)73-33-13-28(54)42(57)20(3)67-33)12-26-10-25-11-27(49(66-9)48(63)41(56)19(2)53)50(47(62)39(25)46(61)38(26)40(18)55)76-36-16-31(44(59)23(6)70-36)74-35-15-32(45(60)22(5)69-35)75-37-17-52(8,65)51(64)24(7)71-37;1-14-12-10-8(4-5-15-10)6-7-2-3-9(13)16-11(7)12;1-6-4-12(10(15)11-9(6)14)8-3-2-7(5-13)16-8/h10,12,19-24,27-28,30-37,41-45,49-51,53-61,64-65H,11,13-17H2,1-9H3;2-6H,1H3;2-4,7-8,13H,5H2,1H3,(H,11,14,15)/t19-,20-,21-,22-,23-,24-,27?,28-,30-,31-,32-,33+,34+,35+,36+,37+,41+,42-,43+,44-,45-,49+,50+,51-,52+;;7-,8+/m1.0/s1. The molecule has 0 saturated carbocycles. The van der Waals surface area contributed by atoms with Crippen molar-refractivity contribution in [2.45, 2.75) is 260 Å². The number of Topliss-reactive ketones (excluding diaryl/α,β-unsaturated/α-hetero) is 2. The van der Waals surface area contributed by atoms with E-state index in [0.717, 1.165) is 10.8 Å². The first-order valence-electron chi connectivity index (χ1n) is 35.7. The molecule has 34 nitrogen and oxygen atoms in total. The van der Waals surface area contributed by atoms with Crippen LogP contribution in [0.25, 0.3) is 32.7 Å². The molecule has 5 saturated heterocycles. The maximum Gasteiger partial charge on any atom is 0.336 e. The van der Waals surface area contributed by atoms with Crippen LogP contribution in [-0.2, 0) is 63.3 Å². The number of hydrogen-bond donors (Lipinski definition) is 13. The van der Waals surface area contributed by atoms with E-state index in [1.165, 1.54) is 70.9 Å². The maximum absolute atomic E-state index is 15.0. The second kappa shape index (κ2) is 33.8. The van der Waals surface area contributed by atoms with Crippen LogP contribution < -0.4 is 26.3 Å². The number of aryl methyl sites for hydroxylation is 1. The van der Waals surface area contributed by atoms with Gasteiger partial charge in [-0.3, -0.25) is 23.9 Å². The van der Waals surface area contributed by atoms with Gasteiger partial charge >= 0.3 is 11.3 Å². The molecule has 3 aromatic carbocycles. The highest BCUT2D eigenvalue weighted by Crippen LogP contribution is 2.48. The SMILES string of the molecule is CO[C@H](C(=O)[C@@H](O)[C@@H](C)O)C1Cc2cc3cc(O[C@H]4C[C@@H](O[C@H]5C[C@@H](O)[C@H](O)[C@@H](C)O5)[C@@H](O)[C@@H](C)O4)c(C)c(O)c3c(O)c2C(=O)[C@H]1O[C@H]1C[C@@H](O[C@H]2C[C@@H](O[C@H]3C[C@](C)(O)[C@H](O)[C@@H](C)O3)[C@H](O)[C@@H](C)O2)[C@H](O)[C@@H](C)O1.COc1c2occc2cc2ccc(=O)oc12.Cc1cn([C@H]2C=C[C@@H](CO)O2)c(=O)[nH]c1=O. The zero-order valence-electron chi connectivity index (χ0n) is 61.2. The maximum atomic E-state index is 15.0. The minimum absolute atomic E-state index is 0.0365. The van der Waals surface area contributed by atoms with Gasteiger partial charge in [0.1, 0.15) is 72.2 Å². The number of aromatic nitrogens is 2. The van der Waals surface area contributed by atoms with Crippen molar-refractivity contribution in [2.24, 2.45) is 5.92 Å². The number of aromatic hydroxyl groups is 2. The second-order valence-electron chi connectivity index (χ2n) is 28.7. The molecule has 6 aliphatic heterocycles. The Morgan fingerprint density at radius 3 is 1.84 bits per heavy atom. The Hall–Kier alpha value is -7.21. The lowest BCUT2D eigenvalue weighted by Crippen LogP contribution is -2.58. The van der Waals surface area contributed by atoms with E-state index in [0.29, 0.717) is 22.5 Å². The van der Waals surface area contributed by atoms with Gasteiger partial charge in [0.05, 0.1) is 97.6 Å². The number of rotatable bonds is 18. The number of ketones is 2. The van der Waals surface area contributed by atoms with Crippen molar-refractivity contribution in [1.82, 2.24) is 9.55 Å². The molecule has 3 aromatic heterocycles. The molecule has 108 heavy (non-hydrogen) atoms. The molecule has 27 atom stereocenters. The predicted molar refractivity (Wildman–Crippen MR) is 374 cm³/mol. The second-order valence-corrected chi connectivity index (χ2v) is 28.7. The summed E-state index contributed by atoms with van der Waals surface area (Å²) < 4.78 is 88.8. The summed E-state index contributed by atoms with van der Waals surface area (Å²) in [5.74, 6) is -3.62. The zero-order valence-corrected chi connectivity index (χ0v) is 61.2. The van der Waals surface area contributed by atoms with Crippen LogP contribution in [0.2, 0.25) is 0 Å². The van der Waals surface area contributed by atoms with Gasteiger partial charge in [-0.1, -0.05) is 6.08 Å². The summed E-state index contributed by atoms with van der Waals surface area (Å²) in [7, 11) is 2.70. The summed E-state index contributed by atoms with van der Waals surface area (Å²) in [6, 6.07) is 9.84. The van der Waals surface area contributed by atoms with Gasteiger partial charge < -0.3 is 132 Å². The van der Waals surface area contributed by atoms with Crippen molar-refractivity contribution in [3.63, 3.8) is 0 Å². The lowest BCUT2D eigenvalue weighted by Gasteiger charge is -2.46. The normalized spacial score (nSPS) is 35.1. The summed E-state index contributed by atoms with van der Waals surface area (Å²) in [6.45, 7) is 13.6. The first-order chi connectivity index (χ1) is 51.1. The van der Waals surface area contributed by atoms with Crippen molar-refractivity contribution >= 4 is 44.3 Å². The molecule has 0 bridgehead atoms.